The molecule has 0 N–H and O–H groups in total. The molecule has 0 aliphatic heterocycles. The number of thioether (sulfide) groups is 3. The molecule has 0 spiro atoms. The fourth-order valence-electron chi connectivity index (χ4n) is 2.26. The van der Waals surface area contributed by atoms with Crippen molar-refractivity contribution in [2.24, 2.45) is 0 Å². The highest BCUT2D eigenvalue weighted by Gasteiger charge is 2.15. The van der Waals surface area contributed by atoms with Crippen LogP contribution in [0.4, 0.5) is 0 Å². The van der Waals surface area contributed by atoms with Gasteiger partial charge in [0.05, 0.1) is 0 Å². The van der Waals surface area contributed by atoms with Crippen molar-refractivity contribution in [1.82, 2.24) is 9.97 Å². The second kappa shape index (κ2) is 9.67. The van der Waals surface area contributed by atoms with Crippen molar-refractivity contribution in [2.75, 3.05) is 6.26 Å². The van der Waals surface area contributed by atoms with E-state index in [1.165, 1.54) is 22.9 Å². The Morgan fingerprint density at radius 1 is 0.808 bits per heavy atom. The van der Waals surface area contributed by atoms with Gasteiger partial charge in [-0.25, -0.2) is 9.97 Å². The topological polar surface area (TPSA) is 49.6 Å². The molecule has 130 valence electrons. The Morgan fingerprint density at radius 3 is 1.88 bits per heavy atom. The Labute approximate surface area is 166 Å². The SMILES string of the molecule is CSc1nc(SCc2ccccc2)nc(SCc2ccccc2)c1C#N. The maximum Gasteiger partial charge on any atom is 0.190 e. The van der Waals surface area contributed by atoms with E-state index in [1.807, 2.05) is 42.7 Å². The fourth-order valence-corrected chi connectivity index (χ4v) is 4.70. The lowest BCUT2D eigenvalue weighted by molar-refractivity contribution is 0.817. The average Bonchev–Trinajstić information content (AvgIpc) is 2.71. The minimum atomic E-state index is 0.572. The maximum absolute atomic E-state index is 9.56. The summed E-state index contributed by atoms with van der Waals surface area (Å²) in [7, 11) is 0. The van der Waals surface area contributed by atoms with Crippen LogP contribution >= 0.6 is 35.3 Å². The molecule has 0 unspecified atom stereocenters. The van der Waals surface area contributed by atoms with Gasteiger partial charge in [-0.2, -0.15) is 5.26 Å². The van der Waals surface area contributed by atoms with Gasteiger partial charge in [-0.05, 0) is 17.4 Å². The van der Waals surface area contributed by atoms with E-state index in [9.17, 15) is 5.26 Å². The standard InChI is InChI=1S/C20H17N3S3/c1-24-18-17(12-21)19(25-13-15-8-4-2-5-9-15)23-20(22-18)26-14-16-10-6-3-7-11-16/h2-11H,13-14H2,1H3. The van der Waals surface area contributed by atoms with E-state index in [1.54, 1.807) is 23.5 Å². The Kier molecular flexibility index (Phi) is 7.01. The van der Waals surface area contributed by atoms with Crippen LogP contribution in [0.1, 0.15) is 16.7 Å². The molecule has 3 nitrogen and oxygen atoms in total. The number of rotatable bonds is 7. The lowest BCUT2D eigenvalue weighted by Gasteiger charge is -2.09. The third-order valence-corrected chi connectivity index (χ3v) is 6.20. The maximum atomic E-state index is 9.56. The molecule has 0 atom stereocenters. The third-order valence-electron chi connectivity index (χ3n) is 3.56. The molecule has 6 heteroatoms. The molecule has 2 aromatic carbocycles. The summed E-state index contributed by atoms with van der Waals surface area (Å²) in [5.41, 5.74) is 3.02. The van der Waals surface area contributed by atoms with E-state index < -0.39 is 0 Å². The minimum Gasteiger partial charge on any atom is -0.215 e. The number of benzene rings is 2. The summed E-state index contributed by atoms with van der Waals surface area (Å²) >= 11 is 4.68. The first-order valence-corrected chi connectivity index (χ1v) is 11.2. The van der Waals surface area contributed by atoms with Crippen molar-refractivity contribution in [3.05, 3.63) is 77.4 Å². The molecule has 3 rings (SSSR count). The lowest BCUT2D eigenvalue weighted by Crippen LogP contribution is -1.98. The van der Waals surface area contributed by atoms with Crippen LogP contribution in [0.15, 0.2) is 75.9 Å². The summed E-state index contributed by atoms with van der Waals surface area (Å²) in [6.07, 6.45) is 1.94. The van der Waals surface area contributed by atoms with Gasteiger partial charge >= 0.3 is 0 Å². The monoisotopic (exact) mass is 395 g/mol. The first-order chi connectivity index (χ1) is 12.8. The molecule has 0 radical (unpaired) electrons. The van der Waals surface area contributed by atoms with Crippen molar-refractivity contribution < 1.29 is 0 Å². The van der Waals surface area contributed by atoms with Gasteiger partial charge in [0, 0.05) is 11.5 Å². The number of nitriles is 1. The summed E-state index contributed by atoms with van der Waals surface area (Å²) in [5.74, 6) is 1.59. The molecule has 0 bridgehead atoms. The molecule has 0 fully saturated rings. The summed E-state index contributed by atoms with van der Waals surface area (Å²) in [6.45, 7) is 0. The normalized spacial score (nSPS) is 10.5. The smallest absolute Gasteiger partial charge is 0.190 e. The van der Waals surface area contributed by atoms with Crippen LogP contribution in [-0.4, -0.2) is 16.2 Å². The van der Waals surface area contributed by atoms with Crippen LogP contribution in [0.3, 0.4) is 0 Å². The summed E-state index contributed by atoms with van der Waals surface area (Å²) in [4.78, 5) is 9.23. The third kappa shape index (κ3) is 5.04. The fraction of sp³-hybridized carbons (Fsp3) is 0.150. The van der Waals surface area contributed by atoms with Crippen molar-refractivity contribution in [3.8, 4) is 6.07 Å². The van der Waals surface area contributed by atoms with Crippen molar-refractivity contribution in [2.45, 2.75) is 26.7 Å². The molecule has 0 saturated heterocycles. The van der Waals surface area contributed by atoms with E-state index in [0.29, 0.717) is 10.7 Å². The number of hydrogen-bond donors (Lipinski definition) is 0. The van der Waals surface area contributed by atoms with Crippen LogP contribution in [-0.2, 0) is 11.5 Å². The van der Waals surface area contributed by atoms with Crippen LogP contribution in [0.5, 0.6) is 0 Å². The van der Waals surface area contributed by atoms with Crippen LogP contribution in [0.2, 0.25) is 0 Å². The molecule has 0 amide bonds. The zero-order chi connectivity index (χ0) is 18.2. The predicted molar refractivity (Wildman–Crippen MR) is 111 cm³/mol. The highest BCUT2D eigenvalue weighted by molar-refractivity contribution is 7.99. The molecule has 1 aromatic heterocycles. The Morgan fingerprint density at radius 2 is 1.35 bits per heavy atom. The van der Waals surface area contributed by atoms with Crippen LogP contribution in [0.25, 0.3) is 0 Å². The molecule has 0 aliphatic rings. The highest BCUT2D eigenvalue weighted by atomic mass is 32.2. The van der Waals surface area contributed by atoms with E-state index >= 15 is 0 Å². The quantitative estimate of drug-likeness (QED) is 0.292. The van der Waals surface area contributed by atoms with Crippen molar-refractivity contribution in [3.63, 3.8) is 0 Å². The number of aromatic nitrogens is 2. The highest BCUT2D eigenvalue weighted by Crippen LogP contribution is 2.32. The first kappa shape index (κ1) is 18.8. The summed E-state index contributed by atoms with van der Waals surface area (Å²) in [5, 5.41) is 11.8. The van der Waals surface area contributed by atoms with Gasteiger partial charge in [0.1, 0.15) is 21.7 Å². The zero-order valence-electron chi connectivity index (χ0n) is 14.3. The zero-order valence-corrected chi connectivity index (χ0v) is 16.7. The summed E-state index contributed by atoms with van der Waals surface area (Å²) < 4.78 is 0. The van der Waals surface area contributed by atoms with Crippen molar-refractivity contribution >= 4 is 35.3 Å². The summed E-state index contributed by atoms with van der Waals surface area (Å²) in [6, 6.07) is 22.8. The van der Waals surface area contributed by atoms with Gasteiger partial charge in [-0.3, -0.25) is 0 Å². The Bertz CT molecular complexity index is 893. The second-order valence-electron chi connectivity index (χ2n) is 5.36. The number of hydrogen-bond acceptors (Lipinski definition) is 6. The Hall–Kier alpha value is -1.94. The first-order valence-electron chi connectivity index (χ1n) is 7.99. The average molecular weight is 396 g/mol. The van der Waals surface area contributed by atoms with E-state index in [-0.39, 0.29) is 0 Å². The van der Waals surface area contributed by atoms with Gasteiger partial charge in [0.2, 0.25) is 0 Å². The lowest BCUT2D eigenvalue weighted by atomic mass is 10.2. The van der Waals surface area contributed by atoms with Gasteiger partial charge in [0.25, 0.3) is 0 Å². The molecule has 1 heterocycles. The van der Waals surface area contributed by atoms with Crippen molar-refractivity contribution in [1.29, 1.82) is 5.26 Å². The van der Waals surface area contributed by atoms with Crippen LogP contribution < -0.4 is 0 Å². The molecule has 3 aromatic rings. The second-order valence-corrected chi connectivity index (χ2v) is 8.06. The van der Waals surface area contributed by atoms with E-state index in [0.717, 1.165) is 21.6 Å². The molecule has 0 saturated carbocycles. The largest absolute Gasteiger partial charge is 0.215 e. The van der Waals surface area contributed by atoms with Gasteiger partial charge < -0.3 is 0 Å². The Balaban J connectivity index is 1.80. The molecule has 0 aliphatic carbocycles. The predicted octanol–water partition coefficient (Wildman–Crippen LogP) is 5.65. The van der Waals surface area contributed by atoms with Crippen LogP contribution in [0, 0.1) is 11.3 Å². The molecule has 26 heavy (non-hydrogen) atoms. The van der Waals surface area contributed by atoms with Gasteiger partial charge in [-0.15, -0.1) is 23.5 Å². The molecular weight excluding hydrogens is 378 g/mol. The minimum absolute atomic E-state index is 0.572. The van der Waals surface area contributed by atoms with E-state index in [4.69, 9.17) is 0 Å². The van der Waals surface area contributed by atoms with Gasteiger partial charge in [0.15, 0.2) is 5.16 Å². The van der Waals surface area contributed by atoms with Gasteiger partial charge in [-0.1, -0.05) is 72.4 Å². The van der Waals surface area contributed by atoms with E-state index in [2.05, 4.69) is 40.3 Å². The molecular formula is C20H17N3S3. The number of nitrogens with zero attached hydrogens (tertiary/aromatic N) is 3.